The molecule has 2 heterocycles. The zero-order valence-corrected chi connectivity index (χ0v) is 8.51. The van der Waals surface area contributed by atoms with Gasteiger partial charge < -0.3 is 15.0 Å². The maximum Gasteiger partial charge on any atom is 0.0542 e. The van der Waals surface area contributed by atoms with E-state index in [9.17, 15) is 0 Å². The molecule has 0 unspecified atom stereocenters. The summed E-state index contributed by atoms with van der Waals surface area (Å²) in [5.74, 6) is 0. The molecule has 1 N–H and O–H groups in total. The van der Waals surface area contributed by atoms with Crippen molar-refractivity contribution in [3.63, 3.8) is 0 Å². The van der Waals surface area contributed by atoms with Crippen molar-refractivity contribution in [3.05, 3.63) is 0 Å². The van der Waals surface area contributed by atoms with Crippen molar-refractivity contribution in [2.45, 2.75) is 13.3 Å². The van der Waals surface area contributed by atoms with Gasteiger partial charge in [-0.25, -0.2) is 0 Å². The Morgan fingerprint density at radius 3 is 2.54 bits per heavy atom. The molecule has 3 nitrogen and oxygen atoms in total. The molecule has 2 aliphatic heterocycles. The molecule has 0 radical (unpaired) electrons. The van der Waals surface area contributed by atoms with Crippen molar-refractivity contribution in [2.24, 2.45) is 5.41 Å². The second kappa shape index (κ2) is 3.95. The molecule has 0 spiro atoms. The minimum Gasteiger partial charge on any atom is -0.380 e. The van der Waals surface area contributed by atoms with Gasteiger partial charge in [0, 0.05) is 31.6 Å². The first-order valence-corrected chi connectivity index (χ1v) is 5.29. The van der Waals surface area contributed by atoms with Crippen LogP contribution in [0.15, 0.2) is 0 Å². The lowest BCUT2D eigenvalue weighted by molar-refractivity contribution is -0.108. The Morgan fingerprint density at radius 1 is 1.31 bits per heavy atom. The summed E-state index contributed by atoms with van der Waals surface area (Å²) < 4.78 is 5.25. The van der Waals surface area contributed by atoms with Crippen LogP contribution in [0, 0.1) is 5.41 Å². The fourth-order valence-corrected chi connectivity index (χ4v) is 1.96. The second-order valence-electron chi connectivity index (χ2n) is 4.65. The van der Waals surface area contributed by atoms with Crippen molar-refractivity contribution >= 4 is 0 Å². The van der Waals surface area contributed by atoms with E-state index >= 15 is 0 Å². The van der Waals surface area contributed by atoms with Crippen LogP contribution in [0.3, 0.4) is 0 Å². The van der Waals surface area contributed by atoms with Gasteiger partial charge in [-0.15, -0.1) is 0 Å². The van der Waals surface area contributed by atoms with Gasteiger partial charge in [0.2, 0.25) is 0 Å². The highest BCUT2D eigenvalue weighted by Gasteiger charge is 2.33. The lowest BCUT2D eigenvalue weighted by Crippen LogP contribution is -2.47. The van der Waals surface area contributed by atoms with Crippen molar-refractivity contribution in [1.29, 1.82) is 0 Å². The van der Waals surface area contributed by atoms with Crippen LogP contribution >= 0.6 is 0 Å². The summed E-state index contributed by atoms with van der Waals surface area (Å²) in [6.07, 6.45) is 1.30. The zero-order valence-electron chi connectivity index (χ0n) is 8.51. The molecular weight excluding hydrogens is 164 g/mol. The van der Waals surface area contributed by atoms with Crippen molar-refractivity contribution in [3.8, 4) is 0 Å². The molecule has 0 bridgehead atoms. The zero-order chi connectivity index (χ0) is 9.15. The summed E-state index contributed by atoms with van der Waals surface area (Å²) in [7, 11) is 0. The molecule has 0 aliphatic carbocycles. The minimum absolute atomic E-state index is 0.491. The van der Waals surface area contributed by atoms with Gasteiger partial charge in [-0.2, -0.15) is 0 Å². The van der Waals surface area contributed by atoms with Gasteiger partial charge in [-0.3, -0.25) is 0 Å². The van der Waals surface area contributed by atoms with E-state index in [4.69, 9.17) is 4.74 Å². The Balaban J connectivity index is 1.66. The molecule has 0 amide bonds. The van der Waals surface area contributed by atoms with Crippen molar-refractivity contribution in [2.75, 3.05) is 45.9 Å². The van der Waals surface area contributed by atoms with Gasteiger partial charge in [0.05, 0.1) is 13.2 Å². The van der Waals surface area contributed by atoms with Gasteiger partial charge >= 0.3 is 0 Å². The van der Waals surface area contributed by atoms with Crippen molar-refractivity contribution in [1.82, 2.24) is 10.2 Å². The van der Waals surface area contributed by atoms with E-state index in [0.29, 0.717) is 5.41 Å². The molecule has 2 saturated heterocycles. The Bertz CT molecular complexity index is 162. The molecule has 2 rings (SSSR count). The third-order valence-electron chi connectivity index (χ3n) is 3.14. The molecule has 13 heavy (non-hydrogen) atoms. The Morgan fingerprint density at radius 2 is 2.00 bits per heavy atom. The SMILES string of the molecule is CC1(CCN2CCNCC2)COC1. The van der Waals surface area contributed by atoms with E-state index in [1.165, 1.54) is 26.1 Å². The summed E-state index contributed by atoms with van der Waals surface area (Å²) in [6, 6.07) is 0. The predicted molar refractivity (Wildman–Crippen MR) is 52.9 cm³/mol. The highest BCUT2D eigenvalue weighted by molar-refractivity contribution is 4.82. The number of nitrogens with one attached hydrogen (secondary N) is 1. The summed E-state index contributed by atoms with van der Waals surface area (Å²) in [4.78, 5) is 2.56. The molecule has 0 saturated carbocycles. The minimum atomic E-state index is 0.491. The van der Waals surface area contributed by atoms with Crippen LogP contribution in [-0.2, 0) is 4.74 Å². The largest absolute Gasteiger partial charge is 0.380 e. The third kappa shape index (κ3) is 2.42. The van der Waals surface area contributed by atoms with E-state index in [0.717, 1.165) is 26.3 Å². The first kappa shape index (κ1) is 9.44. The average Bonchev–Trinajstić information content (AvgIpc) is 2.13. The van der Waals surface area contributed by atoms with Crippen LogP contribution in [-0.4, -0.2) is 50.8 Å². The maximum atomic E-state index is 5.25. The van der Waals surface area contributed by atoms with E-state index in [1.807, 2.05) is 0 Å². The summed E-state index contributed by atoms with van der Waals surface area (Å²) in [5.41, 5.74) is 0.491. The van der Waals surface area contributed by atoms with Gasteiger partial charge in [-0.05, 0) is 13.0 Å². The van der Waals surface area contributed by atoms with Gasteiger partial charge in [-0.1, -0.05) is 6.92 Å². The molecule has 3 heteroatoms. The van der Waals surface area contributed by atoms with Crippen LogP contribution in [0.25, 0.3) is 0 Å². The lowest BCUT2D eigenvalue weighted by atomic mass is 9.85. The Labute approximate surface area is 80.4 Å². The molecule has 0 aromatic carbocycles. The number of hydrogen-bond donors (Lipinski definition) is 1. The number of rotatable bonds is 3. The predicted octanol–water partition coefficient (Wildman–Crippen LogP) is 0.318. The summed E-state index contributed by atoms with van der Waals surface area (Å²) >= 11 is 0. The summed E-state index contributed by atoms with van der Waals surface area (Å²) in [6.45, 7) is 10.3. The Hall–Kier alpha value is -0.120. The van der Waals surface area contributed by atoms with Crippen LogP contribution in [0.1, 0.15) is 13.3 Å². The maximum absolute atomic E-state index is 5.25. The quantitative estimate of drug-likeness (QED) is 0.683. The van der Waals surface area contributed by atoms with E-state index < -0.39 is 0 Å². The number of ether oxygens (including phenoxy) is 1. The normalized spacial score (nSPS) is 28.4. The molecule has 0 aromatic rings. The number of nitrogens with zero attached hydrogens (tertiary/aromatic N) is 1. The number of piperazine rings is 1. The molecule has 0 aromatic heterocycles. The lowest BCUT2D eigenvalue weighted by Gasteiger charge is -2.40. The summed E-state index contributed by atoms with van der Waals surface area (Å²) in [5, 5.41) is 3.37. The number of hydrogen-bond acceptors (Lipinski definition) is 3. The smallest absolute Gasteiger partial charge is 0.0542 e. The topological polar surface area (TPSA) is 24.5 Å². The average molecular weight is 184 g/mol. The molecule has 76 valence electrons. The molecule has 0 atom stereocenters. The fourth-order valence-electron chi connectivity index (χ4n) is 1.96. The van der Waals surface area contributed by atoms with Gasteiger partial charge in [0.25, 0.3) is 0 Å². The van der Waals surface area contributed by atoms with Crippen LogP contribution in [0.4, 0.5) is 0 Å². The van der Waals surface area contributed by atoms with E-state index in [1.54, 1.807) is 0 Å². The first-order chi connectivity index (χ1) is 6.29. The molecular formula is C10H20N2O. The van der Waals surface area contributed by atoms with Crippen LogP contribution < -0.4 is 5.32 Å². The first-order valence-electron chi connectivity index (χ1n) is 5.29. The van der Waals surface area contributed by atoms with Gasteiger partial charge in [0.15, 0.2) is 0 Å². The monoisotopic (exact) mass is 184 g/mol. The Kier molecular flexibility index (Phi) is 2.86. The van der Waals surface area contributed by atoms with E-state index in [2.05, 4.69) is 17.1 Å². The van der Waals surface area contributed by atoms with Crippen LogP contribution in [0.5, 0.6) is 0 Å². The van der Waals surface area contributed by atoms with Crippen LogP contribution in [0.2, 0.25) is 0 Å². The standard InChI is InChI=1S/C10H20N2O/c1-10(8-13-9-10)2-5-12-6-3-11-4-7-12/h11H,2-9H2,1H3. The van der Waals surface area contributed by atoms with Gasteiger partial charge in [0.1, 0.15) is 0 Å². The van der Waals surface area contributed by atoms with E-state index in [-0.39, 0.29) is 0 Å². The fraction of sp³-hybridized carbons (Fsp3) is 1.00. The highest BCUT2D eigenvalue weighted by Crippen LogP contribution is 2.30. The van der Waals surface area contributed by atoms with Crippen molar-refractivity contribution < 1.29 is 4.74 Å². The highest BCUT2D eigenvalue weighted by atomic mass is 16.5. The second-order valence-corrected chi connectivity index (χ2v) is 4.65. The molecule has 2 fully saturated rings. The third-order valence-corrected chi connectivity index (χ3v) is 3.14. The molecule has 2 aliphatic rings.